The van der Waals surface area contributed by atoms with Crippen molar-refractivity contribution in [3.05, 3.63) is 217 Å². The summed E-state index contributed by atoms with van der Waals surface area (Å²) in [5.74, 6) is 0.829. The number of thiazole rings is 5. The first kappa shape index (κ1) is 63.8. The molecule has 0 atom stereocenters. The topological polar surface area (TPSA) is 199 Å². The van der Waals surface area contributed by atoms with E-state index in [4.69, 9.17) is 5.73 Å². The van der Waals surface area contributed by atoms with E-state index in [1.54, 1.807) is 93.1 Å². The van der Waals surface area contributed by atoms with E-state index in [1.165, 1.54) is 27.7 Å². The number of halogens is 3. The summed E-state index contributed by atoms with van der Waals surface area (Å²) in [5, 5.41) is 46.0. The molecule has 5 heterocycles. The van der Waals surface area contributed by atoms with E-state index in [9.17, 15) is 15.3 Å². The molecule has 90 heavy (non-hydrogen) atoms. The summed E-state index contributed by atoms with van der Waals surface area (Å²) in [6.07, 6.45) is 0. The average Bonchev–Trinajstić information content (AvgIpc) is 3.15. The third-order valence-corrected chi connectivity index (χ3v) is 21.9. The molecule has 21 heteroatoms. The molecule has 15 aromatic rings. The van der Waals surface area contributed by atoms with Crippen molar-refractivity contribution < 1.29 is 15.3 Å². The number of fused-ring (bicyclic) bond motifs is 5. The number of aromatic hydroxyl groups is 3. The summed E-state index contributed by atoms with van der Waals surface area (Å²) in [5.41, 5.74) is 21.5. The molecule has 0 fully saturated rings. The highest BCUT2D eigenvalue weighted by atomic mass is 127. The van der Waals surface area contributed by atoms with Gasteiger partial charge in [-0.2, -0.15) is 0 Å². The van der Waals surface area contributed by atoms with Crippen molar-refractivity contribution in [2.75, 3.05) is 55.2 Å². The van der Waals surface area contributed by atoms with Crippen LogP contribution in [0.4, 0.5) is 28.4 Å². The number of hydrogen-bond donors (Lipinski definition) is 8. The lowest BCUT2D eigenvalue weighted by Crippen LogP contribution is -1.91. The van der Waals surface area contributed by atoms with E-state index in [0.717, 1.165) is 115 Å². The Morgan fingerprint density at radius 2 is 0.611 bits per heavy atom. The predicted molar refractivity (Wildman–Crippen MR) is 411 cm³/mol. The van der Waals surface area contributed by atoms with Crippen LogP contribution in [0.25, 0.3) is 104 Å². The van der Waals surface area contributed by atoms with Gasteiger partial charge >= 0.3 is 0 Å². The molecule has 0 spiro atoms. The Labute approximate surface area is 580 Å². The molecule has 0 aliphatic heterocycles. The summed E-state index contributed by atoms with van der Waals surface area (Å²) >= 11 is 15.1. The van der Waals surface area contributed by atoms with Crippen LogP contribution in [0, 0.1) is 10.7 Å². The second-order valence-corrected chi connectivity index (χ2v) is 28.4. The quantitative estimate of drug-likeness (QED) is 0.0502. The molecule has 15 rings (SSSR count). The van der Waals surface area contributed by atoms with Crippen molar-refractivity contribution in [3.8, 4) is 70.1 Å². The molecule has 5 aromatic heterocycles. The molecular weight excluding hydrogens is 1560 g/mol. The van der Waals surface area contributed by atoms with Crippen molar-refractivity contribution >= 4 is 204 Å². The van der Waals surface area contributed by atoms with Crippen molar-refractivity contribution in [1.82, 2.24) is 24.9 Å². The van der Waals surface area contributed by atoms with Gasteiger partial charge in [0.15, 0.2) is 0 Å². The minimum Gasteiger partial charge on any atom is -0.508 e. The van der Waals surface area contributed by atoms with Gasteiger partial charge in [-0.3, -0.25) is 0 Å². The number of nitrogens with zero attached hydrogens (tertiary/aromatic N) is 5. The second-order valence-electron chi connectivity index (χ2n) is 19.8. The van der Waals surface area contributed by atoms with Gasteiger partial charge in [0.1, 0.15) is 42.3 Å². The van der Waals surface area contributed by atoms with E-state index in [0.29, 0.717) is 0 Å². The molecule has 0 aliphatic carbocycles. The molecule has 0 saturated carbocycles. The lowest BCUT2D eigenvalue weighted by molar-refractivity contribution is 0.475. The highest BCUT2D eigenvalue weighted by molar-refractivity contribution is 14.1. The van der Waals surface area contributed by atoms with Crippen molar-refractivity contribution in [1.29, 1.82) is 0 Å². The zero-order valence-corrected chi connectivity index (χ0v) is 59.0. The fourth-order valence-electron chi connectivity index (χ4n) is 9.02. The highest BCUT2D eigenvalue weighted by Gasteiger charge is 2.13. The van der Waals surface area contributed by atoms with Crippen LogP contribution in [0.5, 0.6) is 17.2 Å². The van der Waals surface area contributed by atoms with Gasteiger partial charge < -0.3 is 42.3 Å². The standard InChI is InChI=1S/C14H11IN2OS.C14H11IN2S.C14H12N2OS.C14H12N2S.C13H9IN2OS/c1-16-11-4-2-8(6-10(11)15)14-17-12-5-3-9(18)7-13(12)19-14;1-16-11-7-6-9(8-10(11)15)14-17-12-4-2-3-5-13(12)18-14;1-15-10-4-2-9(3-5-10)14-16-12-7-6-11(17)8-13(12)18-14;1-15-11-8-6-10(7-9-11)14-16-12-4-2-3-5-13(12)17-14;14-9-5-7(1-3-10(9)15)13-16-11-4-2-8(17)6-12(11)18-13/h2-7,16,18H,1H3;2-8,16H,1H3;2-8,15,17H,1H3;2-9,15H,1H3;1-6,17H,15H2. The first-order valence-corrected chi connectivity index (χ1v) is 35.1. The molecule has 0 bridgehead atoms. The van der Waals surface area contributed by atoms with Gasteiger partial charge in [0, 0.05) is 95.2 Å². The minimum absolute atomic E-state index is 0.268. The Morgan fingerprint density at radius 3 is 0.933 bits per heavy atom. The largest absolute Gasteiger partial charge is 0.508 e. The Morgan fingerprint density at radius 1 is 0.311 bits per heavy atom. The number of phenols is 3. The maximum Gasteiger partial charge on any atom is 0.124 e. The Hall–Kier alpha value is -7.76. The van der Waals surface area contributed by atoms with Crippen molar-refractivity contribution in [2.24, 2.45) is 0 Å². The van der Waals surface area contributed by atoms with Crippen LogP contribution in [0.1, 0.15) is 0 Å². The Balaban J connectivity index is 0.000000116. The number of phenolic OH excluding ortho intramolecular Hbond substituents is 3. The molecule has 0 amide bonds. The number of hydrogen-bond acceptors (Lipinski definition) is 18. The number of para-hydroxylation sites is 2. The van der Waals surface area contributed by atoms with Gasteiger partial charge in [0.25, 0.3) is 0 Å². The highest BCUT2D eigenvalue weighted by Crippen LogP contribution is 2.38. The summed E-state index contributed by atoms with van der Waals surface area (Å²) < 4.78 is 8.86. The monoisotopic (exact) mass is 1610 g/mol. The maximum atomic E-state index is 9.49. The van der Waals surface area contributed by atoms with Crippen LogP contribution >= 0.6 is 124 Å². The third kappa shape index (κ3) is 15.5. The number of nitrogen functional groups attached to an aromatic ring is 1. The fraction of sp³-hybridized carbons (Fsp3) is 0.0580. The van der Waals surface area contributed by atoms with E-state index in [1.807, 2.05) is 107 Å². The van der Waals surface area contributed by atoms with Crippen LogP contribution in [0.15, 0.2) is 206 Å². The molecule has 450 valence electrons. The predicted octanol–water partition coefficient (Wildman–Crippen LogP) is 20.5. The molecule has 0 unspecified atom stereocenters. The summed E-state index contributed by atoms with van der Waals surface area (Å²) in [7, 11) is 7.68. The van der Waals surface area contributed by atoms with E-state index in [2.05, 4.69) is 205 Å². The number of anilines is 5. The van der Waals surface area contributed by atoms with Gasteiger partial charge in [-0.15, -0.1) is 56.7 Å². The van der Waals surface area contributed by atoms with Crippen molar-refractivity contribution in [3.63, 3.8) is 0 Å². The minimum atomic E-state index is 0.268. The molecule has 0 aliphatic rings. The van der Waals surface area contributed by atoms with Gasteiger partial charge in [0.2, 0.25) is 0 Å². The summed E-state index contributed by atoms with van der Waals surface area (Å²) in [4.78, 5) is 23.0. The number of aromatic nitrogens is 5. The smallest absolute Gasteiger partial charge is 0.124 e. The number of benzene rings is 10. The van der Waals surface area contributed by atoms with Crippen molar-refractivity contribution in [2.45, 2.75) is 0 Å². The van der Waals surface area contributed by atoms with E-state index < -0.39 is 0 Å². The number of rotatable bonds is 9. The summed E-state index contributed by atoms with van der Waals surface area (Å²) in [6.45, 7) is 0. The van der Waals surface area contributed by atoms with E-state index >= 15 is 0 Å². The van der Waals surface area contributed by atoms with Gasteiger partial charge in [-0.25, -0.2) is 24.9 Å². The SMILES string of the molecule is CNc1ccc(-c2nc3ccc(O)cc3s2)cc1.CNc1ccc(-c2nc3ccc(O)cc3s2)cc1I.CNc1ccc(-c2nc3ccccc3s2)cc1.CNc1ccc(-c2nc3ccccc3s2)cc1I.Nc1ccc(-c2nc3ccc(O)cc3s2)cc1I. The Kier molecular flexibility index (Phi) is 20.9. The van der Waals surface area contributed by atoms with Gasteiger partial charge in [0.05, 0.1) is 51.1 Å². The van der Waals surface area contributed by atoms with Crippen LogP contribution < -0.4 is 27.0 Å². The van der Waals surface area contributed by atoms with Gasteiger partial charge in [-0.05, 0) is 250 Å². The average molecular weight is 1610 g/mol. The first-order valence-electron chi connectivity index (χ1n) is 27.8. The van der Waals surface area contributed by atoms with Crippen LogP contribution in [0.2, 0.25) is 0 Å². The first-order chi connectivity index (χ1) is 43.7. The normalized spacial score (nSPS) is 10.8. The second kappa shape index (κ2) is 29.5. The lowest BCUT2D eigenvalue weighted by Gasteiger charge is -2.04. The molecular formula is C69H55I3N10O3S5. The summed E-state index contributed by atoms with van der Waals surface area (Å²) in [6, 6.07) is 67.2. The molecule has 13 nitrogen and oxygen atoms in total. The van der Waals surface area contributed by atoms with Gasteiger partial charge in [-0.1, -0.05) is 24.3 Å². The van der Waals surface area contributed by atoms with Crippen LogP contribution in [-0.4, -0.2) is 68.4 Å². The zero-order valence-electron chi connectivity index (χ0n) is 48.5. The number of nitrogens with two attached hydrogens (primary N) is 1. The lowest BCUT2D eigenvalue weighted by atomic mass is 10.2. The molecule has 10 aromatic carbocycles. The Bertz CT molecular complexity index is 4910. The number of nitrogens with one attached hydrogen (secondary N) is 4. The fourth-order valence-corrected chi connectivity index (χ4v) is 16.0. The molecule has 0 saturated heterocycles. The third-order valence-electron chi connectivity index (χ3n) is 13.8. The molecule has 9 N–H and O–H groups in total. The zero-order chi connectivity index (χ0) is 62.8. The molecule has 0 radical (unpaired) electrons. The maximum absolute atomic E-state index is 9.49. The van der Waals surface area contributed by atoms with Crippen LogP contribution in [0.3, 0.4) is 0 Å². The van der Waals surface area contributed by atoms with Crippen LogP contribution in [-0.2, 0) is 0 Å². The van der Waals surface area contributed by atoms with E-state index in [-0.39, 0.29) is 17.2 Å².